The van der Waals surface area contributed by atoms with E-state index in [0.29, 0.717) is 16.8 Å². The van der Waals surface area contributed by atoms with Crippen molar-refractivity contribution in [3.63, 3.8) is 0 Å². The van der Waals surface area contributed by atoms with E-state index in [1.165, 1.54) is 18.2 Å². The third-order valence-corrected chi connectivity index (χ3v) is 3.77. The Morgan fingerprint density at radius 3 is 2.80 bits per heavy atom. The lowest BCUT2D eigenvalue weighted by Crippen LogP contribution is -2.27. The average molecular weight is 341 g/mol. The third-order valence-electron chi connectivity index (χ3n) is 3.77. The number of nitrogens with zero attached hydrogens (tertiary/aromatic N) is 1. The zero-order chi connectivity index (χ0) is 18.0. The van der Waals surface area contributed by atoms with Crippen LogP contribution in [0.2, 0.25) is 0 Å². The number of nitrogens with one attached hydrogen (secondary N) is 2. The first kappa shape index (κ1) is 16.6. The first-order valence-corrected chi connectivity index (χ1v) is 7.64. The van der Waals surface area contributed by atoms with Crippen LogP contribution in [0.5, 0.6) is 0 Å². The molecule has 2 N–H and O–H groups in total. The van der Waals surface area contributed by atoms with Crippen LogP contribution in [0.3, 0.4) is 0 Å². The second-order valence-corrected chi connectivity index (χ2v) is 5.71. The number of hydrogen-bond donors (Lipinski definition) is 2. The zero-order valence-electron chi connectivity index (χ0n) is 13.7. The zero-order valence-corrected chi connectivity index (χ0v) is 13.7. The number of aromatic nitrogens is 2. The number of H-pyrrole nitrogens is 1. The Kier molecular flexibility index (Phi) is 4.47. The van der Waals surface area contributed by atoms with Gasteiger partial charge in [-0.1, -0.05) is 17.3 Å². The summed E-state index contributed by atoms with van der Waals surface area (Å²) in [6, 6.07) is 9.09. The van der Waals surface area contributed by atoms with Gasteiger partial charge in [0.05, 0.1) is 0 Å². The maximum atomic E-state index is 13.3. The Bertz CT molecular complexity index is 991. The van der Waals surface area contributed by atoms with Crippen LogP contribution in [0.1, 0.15) is 27.4 Å². The number of aromatic amines is 1. The molecule has 0 aliphatic carbocycles. The van der Waals surface area contributed by atoms with E-state index in [4.69, 9.17) is 4.52 Å². The molecule has 0 radical (unpaired) electrons. The molecule has 0 saturated carbocycles. The quantitative estimate of drug-likeness (QED) is 0.764. The van der Waals surface area contributed by atoms with Crippen molar-refractivity contribution in [3.8, 4) is 11.3 Å². The molecular formula is C18H16FN3O3. The van der Waals surface area contributed by atoms with E-state index in [2.05, 4.69) is 15.5 Å². The number of carbonyl (C=O) groups excluding carboxylic acids is 1. The van der Waals surface area contributed by atoms with Crippen molar-refractivity contribution in [3.05, 3.63) is 75.2 Å². The van der Waals surface area contributed by atoms with Gasteiger partial charge in [-0.25, -0.2) is 4.39 Å². The van der Waals surface area contributed by atoms with Gasteiger partial charge in [0.2, 0.25) is 5.76 Å². The lowest BCUT2D eigenvalue weighted by atomic mass is 10.1. The van der Waals surface area contributed by atoms with Gasteiger partial charge >= 0.3 is 0 Å². The lowest BCUT2D eigenvalue weighted by Gasteiger charge is -2.06. The highest BCUT2D eigenvalue weighted by Gasteiger charge is 2.15. The van der Waals surface area contributed by atoms with Crippen molar-refractivity contribution < 1.29 is 13.7 Å². The molecule has 0 atom stereocenters. The molecule has 1 aromatic carbocycles. The molecule has 3 aromatic rings. The number of benzene rings is 1. The van der Waals surface area contributed by atoms with Gasteiger partial charge in [-0.15, -0.1) is 0 Å². The van der Waals surface area contributed by atoms with Crippen LogP contribution in [0.15, 0.2) is 45.7 Å². The summed E-state index contributed by atoms with van der Waals surface area (Å²) < 4.78 is 18.3. The van der Waals surface area contributed by atoms with Gasteiger partial charge in [0.15, 0.2) is 0 Å². The molecule has 0 saturated heterocycles. The van der Waals surface area contributed by atoms with Gasteiger partial charge in [-0.2, -0.15) is 0 Å². The standard InChI is InChI=1S/C18H16FN3O3/c1-10-6-11(2)21-17(23)14(10)9-20-18(24)16-8-15(22-25-16)12-4-3-5-13(19)7-12/h3-8H,9H2,1-2H3,(H,20,24)(H,21,23). The number of carbonyl (C=O) groups is 1. The summed E-state index contributed by atoms with van der Waals surface area (Å²) in [5.41, 5.74) is 2.65. The van der Waals surface area contributed by atoms with Gasteiger partial charge in [-0.05, 0) is 37.6 Å². The van der Waals surface area contributed by atoms with E-state index in [1.54, 1.807) is 26.0 Å². The number of pyridine rings is 1. The molecule has 0 fully saturated rings. The topological polar surface area (TPSA) is 88.0 Å². The van der Waals surface area contributed by atoms with Crippen molar-refractivity contribution in [2.75, 3.05) is 0 Å². The van der Waals surface area contributed by atoms with Crippen LogP contribution in [0.25, 0.3) is 11.3 Å². The minimum Gasteiger partial charge on any atom is -0.350 e. The number of halogens is 1. The predicted octanol–water partition coefficient (Wildman–Crippen LogP) is 2.72. The summed E-state index contributed by atoms with van der Waals surface area (Å²) in [5.74, 6) is -0.921. The Labute approximate surface area is 142 Å². The van der Waals surface area contributed by atoms with Crippen molar-refractivity contribution in [1.82, 2.24) is 15.5 Å². The van der Waals surface area contributed by atoms with E-state index in [-0.39, 0.29) is 17.9 Å². The SMILES string of the molecule is Cc1cc(C)c(CNC(=O)c2cc(-c3cccc(F)c3)no2)c(=O)[nH]1. The largest absolute Gasteiger partial charge is 0.350 e. The Morgan fingerprint density at radius 1 is 1.28 bits per heavy atom. The summed E-state index contributed by atoms with van der Waals surface area (Å²) in [7, 11) is 0. The smallest absolute Gasteiger partial charge is 0.290 e. The first-order chi connectivity index (χ1) is 11.9. The molecular weight excluding hydrogens is 325 g/mol. The Morgan fingerprint density at radius 2 is 2.08 bits per heavy atom. The number of amides is 1. The summed E-state index contributed by atoms with van der Waals surface area (Å²) >= 11 is 0. The fraction of sp³-hybridized carbons (Fsp3) is 0.167. The highest BCUT2D eigenvalue weighted by Crippen LogP contribution is 2.19. The summed E-state index contributed by atoms with van der Waals surface area (Å²) in [6.07, 6.45) is 0. The van der Waals surface area contributed by atoms with Crippen LogP contribution < -0.4 is 10.9 Å². The van der Waals surface area contributed by atoms with Gasteiger partial charge in [0, 0.05) is 29.4 Å². The van der Waals surface area contributed by atoms with Gasteiger partial charge < -0.3 is 14.8 Å². The first-order valence-electron chi connectivity index (χ1n) is 7.64. The molecule has 25 heavy (non-hydrogen) atoms. The minimum absolute atomic E-state index is 0.0135. The number of rotatable bonds is 4. The molecule has 0 unspecified atom stereocenters. The van der Waals surface area contributed by atoms with Crippen LogP contribution >= 0.6 is 0 Å². The van der Waals surface area contributed by atoms with E-state index < -0.39 is 11.7 Å². The van der Waals surface area contributed by atoms with Crippen molar-refractivity contribution in [2.24, 2.45) is 0 Å². The summed E-state index contributed by atoms with van der Waals surface area (Å²) in [5, 5.41) is 6.41. The number of hydrogen-bond acceptors (Lipinski definition) is 4. The summed E-state index contributed by atoms with van der Waals surface area (Å²) in [4.78, 5) is 26.8. The molecule has 7 heteroatoms. The fourth-order valence-corrected chi connectivity index (χ4v) is 2.52. The normalized spacial score (nSPS) is 10.7. The minimum atomic E-state index is -0.505. The molecule has 2 heterocycles. The van der Waals surface area contributed by atoms with E-state index in [0.717, 1.165) is 11.3 Å². The Hall–Kier alpha value is -3.22. The molecule has 0 aliphatic heterocycles. The predicted molar refractivity (Wildman–Crippen MR) is 89.6 cm³/mol. The second kappa shape index (κ2) is 6.72. The van der Waals surface area contributed by atoms with E-state index >= 15 is 0 Å². The van der Waals surface area contributed by atoms with Crippen molar-refractivity contribution in [2.45, 2.75) is 20.4 Å². The highest BCUT2D eigenvalue weighted by molar-refractivity contribution is 5.92. The highest BCUT2D eigenvalue weighted by atomic mass is 19.1. The van der Waals surface area contributed by atoms with Crippen LogP contribution in [0, 0.1) is 19.7 Å². The molecule has 0 bridgehead atoms. The average Bonchev–Trinajstić information content (AvgIpc) is 3.03. The molecule has 1 amide bonds. The second-order valence-electron chi connectivity index (χ2n) is 5.71. The van der Waals surface area contributed by atoms with E-state index in [1.807, 2.05) is 6.07 Å². The third kappa shape index (κ3) is 3.65. The maximum absolute atomic E-state index is 13.3. The molecule has 0 aliphatic rings. The molecule has 128 valence electrons. The fourth-order valence-electron chi connectivity index (χ4n) is 2.52. The van der Waals surface area contributed by atoms with Crippen LogP contribution in [-0.4, -0.2) is 16.0 Å². The molecule has 6 nitrogen and oxygen atoms in total. The van der Waals surface area contributed by atoms with Gasteiger partial charge in [0.1, 0.15) is 11.5 Å². The van der Waals surface area contributed by atoms with Crippen LogP contribution in [-0.2, 0) is 6.54 Å². The molecule has 2 aromatic heterocycles. The summed E-state index contributed by atoms with van der Waals surface area (Å²) in [6.45, 7) is 3.66. The Balaban J connectivity index is 1.74. The van der Waals surface area contributed by atoms with Crippen molar-refractivity contribution in [1.29, 1.82) is 0 Å². The van der Waals surface area contributed by atoms with E-state index in [9.17, 15) is 14.0 Å². The van der Waals surface area contributed by atoms with Gasteiger partial charge in [0.25, 0.3) is 11.5 Å². The van der Waals surface area contributed by atoms with Gasteiger partial charge in [-0.3, -0.25) is 9.59 Å². The number of aryl methyl sites for hydroxylation is 2. The maximum Gasteiger partial charge on any atom is 0.290 e. The lowest BCUT2D eigenvalue weighted by molar-refractivity contribution is 0.0914. The van der Waals surface area contributed by atoms with Crippen LogP contribution in [0.4, 0.5) is 4.39 Å². The monoisotopic (exact) mass is 341 g/mol. The van der Waals surface area contributed by atoms with Crippen molar-refractivity contribution >= 4 is 5.91 Å². The molecule has 0 spiro atoms. The molecule has 3 rings (SSSR count).